The van der Waals surface area contributed by atoms with Crippen molar-refractivity contribution in [2.75, 3.05) is 6.54 Å². The summed E-state index contributed by atoms with van der Waals surface area (Å²) in [5.41, 5.74) is 1.26. The summed E-state index contributed by atoms with van der Waals surface area (Å²) in [6, 6.07) is 2.55. The molecule has 0 aliphatic heterocycles. The van der Waals surface area contributed by atoms with Gasteiger partial charge in [-0.25, -0.2) is 0 Å². The molecule has 2 rings (SSSR count). The molecule has 1 saturated carbocycles. The van der Waals surface area contributed by atoms with E-state index in [4.69, 9.17) is 4.74 Å². The van der Waals surface area contributed by atoms with Crippen LogP contribution in [0.25, 0.3) is 0 Å². The smallest absolute Gasteiger partial charge is 0.138 e. The Morgan fingerprint density at radius 1 is 1.30 bits per heavy atom. The molecule has 1 fully saturated rings. The predicted molar refractivity (Wildman–Crippen MR) is 82.9 cm³/mol. The lowest BCUT2D eigenvalue weighted by Crippen LogP contribution is -2.29. The van der Waals surface area contributed by atoms with Crippen LogP contribution in [-0.4, -0.2) is 17.6 Å². The van der Waals surface area contributed by atoms with Crippen LogP contribution in [-0.2, 0) is 0 Å². The molecule has 0 amide bonds. The summed E-state index contributed by atoms with van der Waals surface area (Å²) >= 11 is 0. The van der Waals surface area contributed by atoms with Gasteiger partial charge in [-0.1, -0.05) is 13.8 Å². The Balaban J connectivity index is 2.13. The Labute approximate surface area is 123 Å². The van der Waals surface area contributed by atoms with Gasteiger partial charge in [-0.2, -0.15) is 0 Å². The first kappa shape index (κ1) is 15.3. The molecule has 3 heteroatoms. The molecule has 112 valence electrons. The normalized spacial score (nSPS) is 18.1. The Kier molecular flexibility index (Phi) is 5.41. The Morgan fingerprint density at radius 2 is 2.05 bits per heavy atom. The number of nitrogens with one attached hydrogen (secondary N) is 1. The maximum absolute atomic E-state index is 5.78. The van der Waals surface area contributed by atoms with Crippen molar-refractivity contribution in [2.45, 2.75) is 59.1 Å². The van der Waals surface area contributed by atoms with E-state index in [0.717, 1.165) is 24.6 Å². The molecule has 1 aromatic heterocycles. The second-order valence-electron chi connectivity index (χ2n) is 6.25. The minimum absolute atomic E-state index is 0.190. The molecule has 20 heavy (non-hydrogen) atoms. The van der Waals surface area contributed by atoms with Crippen molar-refractivity contribution in [3.8, 4) is 5.75 Å². The molecule has 1 N–H and O–H groups in total. The van der Waals surface area contributed by atoms with Crippen molar-refractivity contribution in [1.29, 1.82) is 0 Å². The molecule has 2 atom stereocenters. The molecular formula is C17H28N2O. The van der Waals surface area contributed by atoms with Gasteiger partial charge in [-0.3, -0.25) is 4.98 Å². The van der Waals surface area contributed by atoms with E-state index in [-0.39, 0.29) is 6.10 Å². The van der Waals surface area contributed by atoms with E-state index >= 15 is 0 Å². The molecule has 0 radical (unpaired) electrons. The highest BCUT2D eigenvalue weighted by atomic mass is 16.5. The van der Waals surface area contributed by atoms with Crippen molar-refractivity contribution < 1.29 is 4.74 Å². The van der Waals surface area contributed by atoms with E-state index in [9.17, 15) is 0 Å². The van der Waals surface area contributed by atoms with Crippen LogP contribution in [0.1, 0.15) is 58.6 Å². The minimum Gasteiger partial charge on any atom is -0.489 e. The summed E-state index contributed by atoms with van der Waals surface area (Å²) in [4.78, 5) is 4.36. The number of rotatable bonds is 8. The number of nitrogens with zero attached hydrogens (tertiary/aromatic N) is 1. The molecule has 1 aliphatic carbocycles. The summed E-state index contributed by atoms with van der Waals surface area (Å²) in [5, 5.41) is 3.69. The lowest BCUT2D eigenvalue weighted by atomic mass is 9.91. The van der Waals surface area contributed by atoms with Gasteiger partial charge in [-0.15, -0.1) is 0 Å². The maximum Gasteiger partial charge on any atom is 0.138 e. The van der Waals surface area contributed by atoms with Crippen molar-refractivity contribution >= 4 is 0 Å². The Bertz CT molecular complexity index is 415. The summed E-state index contributed by atoms with van der Waals surface area (Å²) in [6.07, 6.45) is 7.89. The Hall–Kier alpha value is -1.09. The topological polar surface area (TPSA) is 34.2 Å². The van der Waals surface area contributed by atoms with E-state index in [1.54, 1.807) is 0 Å². The fraction of sp³-hybridized carbons (Fsp3) is 0.706. The van der Waals surface area contributed by atoms with Crippen molar-refractivity contribution in [3.63, 3.8) is 0 Å². The molecule has 0 aromatic carbocycles. The summed E-state index contributed by atoms with van der Waals surface area (Å²) in [7, 11) is 0. The number of ether oxygens (including phenoxy) is 1. The lowest BCUT2D eigenvalue weighted by molar-refractivity contribution is 0.240. The second kappa shape index (κ2) is 7.07. The quantitative estimate of drug-likeness (QED) is 0.780. The van der Waals surface area contributed by atoms with Crippen molar-refractivity contribution in [1.82, 2.24) is 10.3 Å². The van der Waals surface area contributed by atoms with Crippen LogP contribution in [0.15, 0.2) is 18.5 Å². The van der Waals surface area contributed by atoms with Crippen LogP contribution in [0.3, 0.4) is 0 Å². The molecule has 0 spiro atoms. The standard InChI is InChI=1S/C17H28N2O/c1-5-8-19-17(13(4)14-6-7-14)15-9-16(11-18-10-15)20-12(2)3/h9-14,17,19H,5-8H2,1-4H3. The van der Waals surface area contributed by atoms with Gasteiger partial charge in [0.25, 0.3) is 0 Å². The van der Waals surface area contributed by atoms with Crippen LogP contribution >= 0.6 is 0 Å². The third-order valence-electron chi connectivity index (χ3n) is 3.97. The van der Waals surface area contributed by atoms with Gasteiger partial charge in [-0.05, 0) is 63.1 Å². The highest BCUT2D eigenvalue weighted by Gasteiger charge is 2.34. The summed E-state index contributed by atoms with van der Waals surface area (Å²) < 4.78 is 5.78. The lowest BCUT2D eigenvalue weighted by Gasteiger charge is -2.26. The first-order valence-corrected chi connectivity index (χ1v) is 7.96. The average molecular weight is 276 g/mol. The van der Waals surface area contributed by atoms with E-state index in [2.05, 4.69) is 30.2 Å². The average Bonchev–Trinajstić information content (AvgIpc) is 3.23. The summed E-state index contributed by atoms with van der Waals surface area (Å²) in [6.45, 7) is 9.72. The first-order chi connectivity index (χ1) is 9.61. The monoisotopic (exact) mass is 276 g/mol. The second-order valence-corrected chi connectivity index (χ2v) is 6.25. The van der Waals surface area contributed by atoms with Crippen LogP contribution < -0.4 is 10.1 Å². The van der Waals surface area contributed by atoms with Crippen LogP contribution in [0.4, 0.5) is 0 Å². The molecular weight excluding hydrogens is 248 g/mol. The van der Waals surface area contributed by atoms with Crippen molar-refractivity contribution in [2.24, 2.45) is 11.8 Å². The van der Waals surface area contributed by atoms with Gasteiger partial charge in [0.2, 0.25) is 0 Å². The van der Waals surface area contributed by atoms with Crippen LogP contribution in [0, 0.1) is 11.8 Å². The molecule has 1 aliphatic rings. The van der Waals surface area contributed by atoms with Crippen molar-refractivity contribution in [3.05, 3.63) is 24.0 Å². The highest BCUT2D eigenvalue weighted by molar-refractivity contribution is 5.27. The molecule has 0 bridgehead atoms. The number of aromatic nitrogens is 1. The predicted octanol–water partition coefficient (Wildman–Crippen LogP) is 3.96. The van der Waals surface area contributed by atoms with E-state index in [1.807, 2.05) is 26.2 Å². The third kappa shape index (κ3) is 4.20. The third-order valence-corrected chi connectivity index (χ3v) is 3.97. The zero-order valence-electron chi connectivity index (χ0n) is 13.2. The highest BCUT2D eigenvalue weighted by Crippen LogP contribution is 2.42. The number of hydrogen-bond donors (Lipinski definition) is 1. The van der Waals surface area contributed by atoms with E-state index in [0.29, 0.717) is 12.0 Å². The van der Waals surface area contributed by atoms with Gasteiger partial charge >= 0.3 is 0 Å². The SMILES string of the molecule is CCCNC(c1cncc(OC(C)C)c1)C(C)C1CC1. The maximum atomic E-state index is 5.78. The molecule has 0 saturated heterocycles. The van der Waals surface area contributed by atoms with Gasteiger partial charge in [0, 0.05) is 12.2 Å². The van der Waals surface area contributed by atoms with Gasteiger partial charge in [0.05, 0.1) is 12.3 Å². The fourth-order valence-electron chi connectivity index (χ4n) is 2.74. The van der Waals surface area contributed by atoms with Gasteiger partial charge in [0.15, 0.2) is 0 Å². The minimum atomic E-state index is 0.190. The molecule has 1 heterocycles. The molecule has 2 unspecified atom stereocenters. The fourth-order valence-corrected chi connectivity index (χ4v) is 2.74. The van der Waals surface area contributed by atoms with E-state index in [1.165, 1.54) is 18.4 Å². The largest absolute Gasteiger partial charge is 0.489 e. The van der Waals surface area contributed by atoms with Gasteiger partial charge in [0.1, 0.15) is 5.75 Å². The Morgan fingerprint density at radius 3 is 2.65 bits per heavy atom. The van der Waals surface area contributed by atoms with Crippen LogP contribution in [0.2, 0.25) is 0 Å². The molecule has 3 nitrogen and oxygen atoms in total. The first-order valence-electron chi connectivity index (χ1n) is 7.96. The van der Waals surface area contributed by atoms with Crippen LogP contribution in [0.5, 0.6) is 5.75 Å². The molecule has 1 aromatic rings. The number of pyridine rings is 1. The zero-order valence-corrected chi connectivity index (χ0v) is 13.2. The van der Waals surface area contributed by atoms with E-state index < -0.39 is 0 Å². The zero-order chi connectivity index (χ0) is 14.5. The van der Waals surface area contributed by atoms with Gasteiger partial charge < -0.3 is 10.1 Å². The number of hydrogen-bond acceptors (Lipinski definition) is 3. The summed E-state index contributed by atoms with van der Waals surface area (Å²) in [5.74, 6) is 2.42.